The summed E-state index contributed by atoms with van der Waals surface area (Å²) in [6.07, 6.45) is 0. The fourth-order valence-electron chi connectivity index (χ4n) is 3.56. The maximum absolute atomic E-state index is 11.5. The van der Waals surface area contributed by atoms with Crippen LogP contribution in [0.5, 0.6) is 11.5 Å². The third kappa shape index (κ3) is 1.62. The van der Waals surface area contributed by atoms with Crippen LogP contribution in [-0.2, 0) is 0 Å². The standard InChI is InChI=1S/C20H11NO3/c22-21(23)16-9-3-5-12-11-18-20-14(7-4-8-15(20)19(12)16)13-6-1-2-10-17(13)24-18/h1-11H. The summed E-state index contributed by atoms with van der Waals surface area (Å²) in [6.45, 7) is 0. The second-order valence-corrected chi connectivity index (χ2v) is 5.83. The minimum atomic E-state index is -0.325. The Balaban J connectivity index is 2.02. The molecular formula is C20H11NO3. The second kappa shape index (κ2) is 4.55. The molecule has 4 heteroatoms. The fraction of sp³-hybridized carbons (Fsp3) is 0. The number of benzene rings is 4. The number of hydrogen-bond acceptors (Lipinski definition) is 3. The molecule has 4 aromatic carbocycles. The van der Waals surface area contributed by atoms with E-state index >= 15 is 0 Å². The first-order valence-electron chi connectivity index (χ1n) is 7.64. The Kier molecular flexibility index (Phi) is 2.48. The van der Waals surface area contributed by atoms with E-state index in [9.17, 15) is 10.1 Å². The maximum Gasteiger partial charge on any atom is 0.277 e. The van der Waals surface area contributed by atoms with Crippen molar-refractivity contribution >= 4 is 27.2 Å². The number of nitro groups is 1. The first-order valence-corrected chi connectivity index (χ1v) is 7.64. The molecule has 1 aliphatic heterocycles. The molecule has 0 unspecified atom stereocenters. The van der Waals surface area contributed by atoms with E-state index in [-0.39, 0.29) is 10.6 Å². The van der Waals surface area contributed by atoms with Crippen molar-refractivity contribution in [2.45, 2.75) is 0 Å². The van der Waals surface area contributed by atoms with Gasteiger partial charge in [0.2, 0.25) is 0 Å². The van der Waals surface area contributed by atoms with E-state index in [1.807, 2.05) is 54.6 Å². The second-order valence-electron chi connectivity index (χ2n) is 5.83. The third-order valence-corrected chi connectivity index (χ3v) is 4.54. The van der Waals surface area contributed by atoms with Gasteiger partial charge < -0.3 is 4.74 Å². The molecule has 0 fully saturated rings. The number of nitrogens with zero attached hydrogens (tertiary/aromatic N) is 1. The Bertz CT molecular complexity index is 1160. The first-order chi connectivity index (χ1) is 11.7. The van der Waals surface area contributed by atoms with E-state index in [1.54, 1.807) is 12.1 Å². The lowest BCUT2D eigenvalue weighted by atomic mass is 9.91. The monoisotopic (exact) mass is 313 g/mol. The molecule has 0 bridgehead atoms. The van der Waals surface area contributed by atoms with Gasteiger partial charge in [-0.05, 0) is 23.1 Å². The summed E-state index contributed by atoms with van der Waals surface area (Å²) in [5.41, 5.74) is 2.17. The molecule has 0 spiro atoms. The van der Waals surface area contributed by atoms with Crippen LogP contribution in [-0.4, -0.2) is 4.92 Å². The topological polar surface area (TPSA) is 52.4 Å². The van der Waals surface area contributed by atoms with Gasteiger partial charge in [-0.15, -0.1) is 0 Å². The van der Waals surface area contributed by atoms with Crippen LogP contribution in [0.1, 0.15) is 0 Å². The van der Waals surface area contributed by atoms with Gasteiger partial charge in [0.15, 0.2) is 0 Å². The van der Waals surface area contributed by atoms with Crippen LogP contribution in [0.4, 0.5) is 5.69 Å². The Morgan fingerprint density at radius 3 is 2.46 bits per heavy atom. The molecule has 5 rings (SSSR count). The maximum atomic E-state index is 11.5. The molecule has 1 aliphatic rings. The Hall–Kier alpha value is -3.40. The van der Waals surface area contributed by atoms with Gasteiger partial charge in [0.1, 0.15) is 11.5 Å². The van der Waals surface area contributed by atoms with Crippen molar-refractivity contribution in [1.29, 1.82) is 0 Å². The minimum absolute atomic E-state index is 0.120. The Morgan fingerprint density at radius 1 is 0.792 bits per heavy atom. The molecule has 0 radical (unpaired) electrons. The van der Waals surface area contributed by atoms with Crippen LogP contribution < -0.4 is 4.74 Å². The number of hydrogen-bond donors (Lipinski definition) is 0. The summed E-state index contributed by atoms with van der Waals surface area (Å²) < 4.78 is 6.09. The van der Waals surface area contributed by atoms with E-state index in [4.69, 9.17) is 4.74 Å². The van der Waals surface area contributed by atoms with Gasteiger partial charge in [0, 0.05) is 22.4 Å². The van der Waals surface area contributed by atoms with Crippen LogP contribution in [0.25, 0.3) is 32.7 Å². The average molecular weight is 313 g/mol. The molecule has 114 valence electrons. The highest BCUT2D eigenvalue weighted by Crippen LogP contribution is 2.49. The fourth-order valence-corrected chi connectivity index (χ4v) is 3.56. The van der Waals surface area contributed by atoms with E-state index in [0.717, 1.165) is 38.8 Å². The van der Waals surface area contributed by atoms with E-state index < -0.39 is 0 Å². The van der Waals surface area contributed by atoms with E-state index in [1.165, 1.54) is 0 Å². The first kappa shape index (κ1) is 13.1. The quantitative estimate of drug-likeness (QED) is 0.227. The predicted octanol–water partition coefficient (Wildman–Crippen LogP) is 5.67. The third-order valence-electron chi connectivity index (χ3n) is 4.54. The molecule has 0 amide bonds. The van der Waals surface area contributed by atoms with Crippen LogP contribution in [0, 0.1) is 10.1 Å². The molecule has 0 saturated carbocycles. The van der Waals surface area contributed by atoms with Gasteiger partial charge in [-0.1, -0.05) is 48.5 Å². The van der Waals surface area contributed by atoms with Crippen LogP contribution in [0.3, 0.4) is 0 Å². The summed E-state index contributed by atoms with van der Waals surface area (Å²) in [4.78, 5) is 11.2. The number of para-hydroxylation sites is 1. The summed E-state index contributed by atoms with van der Waals surface area (Å²) >= 11 is 0. The van der Waals surface area contributed by atoms with Crippen molar-refractivity contribution in [3.8, 4) is 22.6 Å². The average Bonchev–Trinajstić information content (AvgIpc) is 2.61. The normalized spacial score (nSPS) is 12.0. The number of ether oxygens (including phenoxy) is 1. The smallest absolute Gasteiger partial charge is 0.277 e. The molecule has 0 N–H and O–H groups in total. The summed E-state index contributed by atoms with van der Waals surface area (Å²) in [5, 5.41) is 14.7. The van der Waals surface area contributed by atoms with Crippen LogP contribution >= 0.6 is 0 Å². The molecule has 0 aliphatic carbocycles. The zero-order chi connectivity index (χ0) is 16.3. The van der Waals surface area contributed by atoms with Gasteiger partial charge >= 0.3 is 0 Å². The highest BCUT2D eigenvalue weighted by Gasteiger charge is 2.23. The van der Waals surface area contributed by atoms with Crippen molar-refractivity contribution in [3.05, 3.63) is 76.8 Å². The zero-order valence-electron chi connectivity index (χ0n) is 12.5. The van der Waals surface area contributed by atoms with Crippen molar-refractivity contribution in [2.24, 2.45) is 0 Å². The van der Waals surface area contributed by atoms with Crippen molar-refractivity contribution in [3.63, 3.8) is 0 Å². The molecule has 4 aromatic rings. The lowest BCUT2D eigenvalue weighted by molar-refractivity contribution is -0.383. The Labute approximate surface area is 137 Å². The van der Waals surface area contributed by atoms with E-state index in [0.29, 0.717) is 5.39 Å². The predicted molar refractivity (Wildman–Crippen MR) is 93.6 cm³/mol. The molecule has 0 aromatic heterocycles. The number of rotatable bonds is 1. The highest BCUT2D eigenvalue weighted by molar-refractivity contribution is 6.19. The largest absolute Gasteiger partial charge is 0.456 e. The van der Waals surface area contributed by atoms with Gasteiger partial charge in [-0.25, -0.2) is 0 Å². The van der Waals surface area contributed by atoms with E-state index in [2.05, 4.69) is 0 Å². The SMILES string of the molecule is O=[N+]([O-])c1cccc2cc3c4c(cccc4c12)-c1ccccc1O3. The molecule has 0 atom stereocenters. The highest BCUT2D eigenvalue weighted by atomic mass is 16.6. The number of non-ortho nitro benzene ring substituents is 1. The minimum Gasteiger partial charge on any atom is -0.456 e. The van der Waals surface area contributed by atoms with Gasteiger partial charge in [0.05, 0.1) is 10.3 Å². The van der Waals surface area contributed by atoms with Crippen LogP contribution in [0.15, 0.2) is 66.7 Å². The zero-order valence-corrected chi connectivity index (χ0v) is 12.5. The summed E-state index contributed by atoms with van der Waals surface area (Å²) in [6, 6.07) is 20.8. The summed E-state index contributed by atoms with van der Waals surface area (Å²) in [5.74, 6) is 1.55. The van der Waals surface area contributed by atoms with Crippen molar-refractivity contribution in [1.82, 2.24) is 0 Å². The Morgan fingerprint density at radius 2 is 1.58 bits per heavy atom. The summed E-state index contributed by atoms with van der Waals surface area (Å²) in [7, 11) is 0. The lowest BCUT2D eigenvalue weighted by Gasteiger charge is -2.22. The molecular weight excluding hydrogens is 302 g/mol. The van der Waals surface area contributed by atoms with Crippen LogP contribution in [0.2, 0.25) is 0 Å². The molecule has 24 heavy (non-hydrogen) atoms. The molecule has 0 saturated heterocycles. The van der Waals surface area contributed by atoms with Crippen molar-refractivity contribution < 1.29 is 9.66 Å². The number of nitro benzene ring substituents is 1. The molecule has 1 heterocycles. The number of fused-ring (bicyclic) bond motifs is 4. The van der Waals surface area contributed by atoms with Gasteiger partial charge in [-0.2, -0.15) is 0 Å². The molecule has 4 nitrogen and oxygen atoms in total. The lowest BCUT2D eigenvalue weighted by Crippen LogP contribution is -1.98. The van der Waals surface area contributed by atoms with Gasteiger partial charge in [0.25, 0.3) is 5.69 Å². The van der Waals surface area contributed by atoms with Gasteiger partial charge in [-0.3, -0.25) is 10.1 Å². The van der Waals surface area contributed by atoms with Crippen molar-refractivity contribution in [2.75, 3.05) is 0 Å².